The van der Waals surface area contributed by atoms with Crippen LogP contribution in [0, 0.1) is 11.3 Å². The molecule has 2 aliphatic rings. The molecule has 19 heavy (non-hydrogen) atoms. The summed E-state index contributed by atoms with van der Waals surface area (Å²) >= 11 is 0. The molecule has 2 rings (SSSR count). The zero-order valence-electron chi connectivity index (χ0n) is 12.0. The minimum atomic E-state index is -0.587. The van der Waals surface area contributed by atoms with E-state index < -0.39 is 11.1 Å². The lowest BCUT2D eigenvalue weighted by Crippen LogP contribution is -2.58. The van der Waals surface area contributed by atoms with Gasteiger partial charge in [0.15, 0.2) is 0 Å². The van der Waals surface area contributed by atoms with Crippen LogP contribution in [0.3, 0.4) is 0 Å². The van der Waals surface area contributed by atoms with Gasteiger partial charge in [-0.05, 0) is 46.5 Å². The number of rotatable bonds is 2. The highest BCUT2D eigenvalue weighted by atomic mass is 16.6. The Bertz CT molecular complexity index is 392. The summed E-state index contributed by atoms with van der Waals surface area (Å²) in [6.45, 7) is 6.66. The first-order valence-electron chi connectivity index (χ1n) is 7.00. The van der Waals surface area contributed by atoms with Gasteiger partial charge in [-0.2, -0.15) is 5.26 Å². The van der Waals surface area contributed by atoms with Gasteiger partial charge in [0.25, 0.3) is 0 Å². The topological polar surface area (TPSA) is 65.4 Å². The lowest BCUT2D eigenvalue weighted by Gasteiger charge is -2.39. The Morgan fingerprint density at radius 2 is 2.16 bits per heavy atom. The summed E-state index contributed by atoms with van der Waals surface area (Å²) < 4.78 is 5.39. The van der Waals surface area contributed by atoms with Crippen LogP contribution in [0.5, 0.6) is 0 Å². The maximum Gasteiger partial charge on any atom is 0.410 e. The number of nitrogens with one attached hydrogen (secondary N) is 1. The number of carbonyl (C=O) groups is 1. The third-order valence-corrected chi connectivity index (χ3v) is 3.42. The molecule has 5 heteroatoms. The molecule has 1 amide bonds. The maximum atomic E-state index is 12.1. The lowest BCUT2D eigenvalue weighted by atomic mass is 9.90. The fourth-order valence-electron chi connectivity index (χ4n) is 2.40. The van der Waals surface area contributed by atoms with Crippen LogP contribution in [0.1, 0.15) is 46.5 Å². The SMILES string of the molecule is CC(C)(C)OC(=O)N1CCCC(C#N)(NC2CC2)C1. The van der Waals surface area contributed by atoms with Crippen molar-refractivity contribution in [3.8, 4) is 6.07 Å². The van der Waals surface area contributed by atoms with E-state index in [0.717, 1.165) is 25.7 Å². The van der Waals surface area contributed by atoms with Gasteiger partial charge in [-0.3, -0.25) is 5.32 Å². The minimum Gasteiger partial charge on any atom is -0.444 e. The fraction of sp³-hybridized carbons (Fsp3) is 0.857. The highest BCUT2D eigenvalue weighted by Gasteiger charge is 2.41. The molecule has 1 saturated carbocycles. The van der Waals surface area contributed by atoms with Crippen LogP contribution < -0.4 is 5.32 Å². The van der Waals surface area contributed by atoms with Crippen LogP contribution in [0.25, 0.3) is 0 Å². The number of nitrogens with zero attached hydrogens (tertiary/aromatic N) is 2. The molecular formula is C14H23N3O2. The summed E-state index contributed by atoms with van der Waals surface area (Å²) in [7, 11) is 0. The van der Waals surface area contributed by atoms with Crippen molar-refractivity contribution in [2.45, 2.75) is 63.6 Å². The molecule has 0 spiro atoms. The number of piperidine rings is 1. The van der Waals surface area contributed by atoms with Crippen LogP contribution >= 0.6 is 0 Å². The minimum absolute atomic E-state index is 0.315. The predicted octanol–water partition coefficient (Wildman–Crippen LogP) is 2.03. The summed E-state index contributed by atoms with van der Waals surface area (Å²) in [6.07, 6.45) is 3.60. The van der Waals surface area contributed by atoms with Gasteiger partial charge < -0.3 is 9.64 Å². The standard InChI is InChI=1S/C14H23N3O2/c1-13(2,3)19-12(18)17-8-4-7-14(9-15,10-17)16-11-5-6-11/h11,16H,4-8,10H2,1-3H3. The van der Waals surface area contributed by atoms with E-state index in [0.29, 0.717) is 19.1 Å². The highest BCUT2D eigenvalue weighted by molar-refractivity contribution is 5.68. The second-order valence-electron chi connectivity index (χ2n) is 6.62. The Morgan fingerprint density at radius 3 is 2.68 bits per heavy atom. The molecule has 5 nitrogen and oxygen atoms in total. The quantitative estimate of drug-likeness (QED) is 0.829. The largest absolute Gasteiger partial charge is 0.444 e. The molecule has 1 aliphatic carbocycles. The Morgan fingerprint density at radius 1 is 1.47 bits per heavy atom. The molecule has 1 aliphatic heterocycles. The molecule has 0 bridgehead atoms. The van der Waals surface area contributed by atoms with E-state index in [1.165, 1.54) is 0 Å². The molecule has 1 unspecified atom stereocenters. The van der Waals surface area contributed by atoms with Gasteiger partial charge in [-0.15, -0.1) is 0 Å². The van der Waals surface area contributed by atoms with E-state index in [2.05, 4.69) is 11.4 Å². The number of hydrogen-bond acceptors (Lipinski definition) is 4. The fourth-order valence-corrected chi connectivity index (χ4v) is 2.40. The second-order valence-corrected chi connectivity index (χ2v) is 6.62. The molecule has 0 radical (unpaired) electrons. The zero-order chi connectivity index (χ0) is 14.1. The Balaban J connectivity index is 1.99. The number of amides is 1. The molecular weight excluding hydrogens is 242 g/mol. The number of nitriles is 1. The van der Waals surface area contributed by atoms with Gasteiger partial charge in [-0.1, -0.05) is 0 Å². The molecule has 0 aromatic rings. The second kappa shape index (κ2) is 5.01. The van der Waals surface area contributed by atoms with E-state index in [4.69, 9.17) is 4.74 Å². The molecule has 0 aromatic heterocycles. The van der Waals surface area contributed by atoms with Crippen molar-refractivity contribution in [3.63, 3.8) is 0 Å². The van der Waals surface area contributed by atoms with Crippen LogP contribution in [0.4, 0.5) is 4.79 Å². The number of ether oxygens (including phenoxy) is 1. The van der Waals surface area contributed by atoms with Gasteiger partial charge in [0.05, 0.1) is 12.6 Å². The predicted molar refractivity (Wildman–Crippen MR) is 71.5 cm³/mol. The Kier molecular flexibility index (Phi) is 3.73. The van der Waals surface area contributed by atoms with E-state index in [-0.39, 0.29) is 6.09 Å². The summed E-state index contributed by atoms with van der Waals surface area (Å²) in [4.78, 5) is 13.7. The van der Waals surface area contributed by atoms with E-state index >= 15 is 0 Å². The normalized spacial score (nSPS) is 27.8. The zero-order valence-corrected chi connectivity index (χ0v) is 12.0. The van der Waals surface area contributed by atoms with Crippen LogP contribution in [0.15, 0.2) is 0 Å². The molecule has 2 fully saturated rings. The van der Waals surface area contributed by atoms with Crippen molar-refractivity contribution in [2.24, 2.45) is 0 Å². The average molecular weight is 265 g/mol. The first-order chi connectivity index (χ1) is 8.84. The molecule has 1 heterocycles. The van der Waals surface area contributed by atoms with Crippen LogP contribution in [-0.4, -0.2) is 41.3 Å². The number of hydrogen-bond donors (Lipinski definition) is 1. The summed E-state index contributed by atoms with van der Waals surface area (Å²) in [6, 6.07) is 2.83. The monoisotopic (exact) mass is 265 g/mol. The smallest absolute Gasteiger partial charge is 0.410 e. The first kappa shape index (κ1) is 14.1. The average Bonchev–Trinajstić information content (AvgIpc) is 3.11. The van der Waals surface area contributed by atoms with E-state index in [1.807, 2.05) is 20.8 Å². The van der Waals surface area contributed by atoms with E-state index in [9.17, 15) is 10.1 Å². The van der Waals surface area contributed by atoms with Crippen LogP contribution in [-0.2, 0) is 4.74 Å². The molecule has 1 atom stereocenters. The van der Waals surface area contributed by atoms with Crippen molar-refractivity contribution in [2.75, 3.05) is 13.1 Å². The molecule has 1 saturated heterocycles. The highest BCUT2D eigenvalue weighted by Crippen LogP contribution is 2.28. The lowest BCUT2D eigenvalue weighted by molar-refractivity contribution is 0.0149. The maximum absolute atomic E-state index is 12.1. The van der Waals surface area contributed by atoms with Gasteiger partial charge in [0.1, 0.15) is 11.1 Å². The Hall–Kier alpha value is -1.28. The van der Waals surface area contributed by atoms with Crippen molar-refractivity contribution < 1.29 is 9.53 Å². The Labute approximate surface area is 114 Å². The molecule has 0 aromatic carbocycles. The molecule has 1 N–H and O–H groups in total. The van der Waals surface area contributed by atoms with Gasteiger partial charge in [0.2, 0.25) is 0 Å². The summed E-state index contributed by atoms with van der Waals surface area (Å²) in [5.74, 6) is 0. The number of carbonyl (C=O) groups excluding carboxylic acids is 1. The van der Waals surface area contributed by atoms with Crippen LogP contribution in [0.2, 0.25) is 0 Å². The summed E-state index contributed by atoms with van der Waals surface area (Å²) in [5.41, 5.74) is -1.08. The van der Waals surface area contributed by atoms with Gasteiger partial charge >= 0.3 is 6.09 Å². The van der Waals surface area contributed by atoms with Gasteiger partial charge in [0, 0.05) is 12.6 Å². The third kappa shape index (κ3) is 3.84. The third-order valence-electron chi connectivity index (χ3n) is 3.42. The van der Waals surface area contributed by atoms with Gasteiger partial charge in [-0.25, -0.2) is 4.79 Å². The van der Waals surface area contributed by atoms with Crippen molar-refractivity contribution in [3.05, 3.63) is 0 Å². The van der Waals surface area contributed by atoms with Crippen molar-refractivity contribution in [1.82, 2.24) is 10.2 Å². The van der Waals surface area contributed by atoms with Crippen molar-refractivity contribution >= 4 is 6.09 Å². The molecule has 106 valence electrons. The number of likely N-dealkylation sites (tertiary alicyclic amines) is 1. The first-order valence-corrected chi connectivity index (χ1v) is 7.00. The van der Waals surface area contributed by atoms with E-state index in [1.54, 1.807) is 4.90 Å². The van der Waals surface area contributed by atoms with Crippen molar-refractivity contribution in [1.29, 1.82) is 5.26 Å². The summed E-state index contributed by atoms with van der Waals surface area (Å²) in [5, 5.41) is 12.9.